The topological polar surface area (TPSA) is 104 Å². The van der Waals surface area contributed by atoms with E-state index in [0.717, 1.165) is 0 Å². The molecule has 26 heavy (non-hydrogen) atoms. The number of rotatable bonds is 7. The fourth-order valence-corrected chi connectivity index (χ4v) is 2.02. The van der Waals surface area contributed by atoms with Gasteiger partial charge in [0, 0.05) is 6.42 Å². The van der Waals surface area contributed by atoms with Crippen LogP contribution in [0.15, 0.2) is 12.2 Å². The standard InChI is InChI=1S/C13H15Cl6N3O4/c14-12(15,16)9(20)24-5-4-8(26-10(21)13(17,18)19)3-1-2-7-6-25-11(23)22-7/h1,3,7-8,20-21H,2,4-6H2,(H,22,23)/b3-1-,20-9?,21-10?/t7-,8+/m0/s1. The molecule has 0 aromatic carbocycles. The highest BCUT2D eigenvalue weighted by Crippen LogP contribution is 2.29. The zero-order chi connectivity index (χ0) is 20.0. The Bertz CT molecular complexity index is 561. The summed E-state index contributed by atoms with van der Waals surface area (Å²) in [6.07, 6.45) is 2.79. The largest absolute Gasteiger partial charge is 0.478 e. The van der Waals surface area contributed by atoms with Crippen LogP contribution in [0, 0.1) is 10.8 Å². The zero-order valence-corrected chi connectivity index (χ0v) is 17.6. The maximum Gasteiger partial charge on any atom is 0.407 e. The number of carbonyl (C=O) groups excluding carboxylic acids is 1. The summed E-state index contributed by atoms with van der Waals surface area (Å²) >= 11 is 33.3. The van der Waals surface area contributed by atoms with E-state index in [2.05, 4.69) is 5.32 Å². The second-order valence-corrected chi connectivity index (χ2v) is 9.61. The Morgan fingerprint density at radius 1 is 1.23 bits per heavy atom. The first-order chi connectivity index (χ1) is 11.9. The molecule has 0 saturated carbocycles. The molecule has 7 nitrogen and oxygen atoms in total. The van der Waals surface area contributed by atoms with Gasteiger partial charge in [-0.3, -0.25) is 10.8 Å². The third-order valence-electron chi connectivity index (χ3n) is 2.94. The lowest BCUT2D eigenvalue weighted by molar-refractivity contribution is 0.175. The van der Waals surface area contributed by atoms with Gasteiger partial charge in [0.05, 0.1) is 12.6 Å². The maximum absolute atomic E-state index is 11.0. The van der Waals surface area contributed by atoms with Crippen molar-refractivity contribution in [2.45, 2.75) is 32.6 Å². The van der Waals surface area contributed by atoms with Crippen molar-refractivity contribution in [1.82, 2.24) is 5.32 Å². The summed E-state index contributed by atoms with van der Waals surface area (Å²) in [5.74, 6) is -1.13. The average molecular weight is 490 g/mol. The van der Waals surface area contributed by atoms with Gasteiger partial charge in [-0.15, -0.1) is 0 Å². The molecule has 1 rings (SSSR count). The van der Waals surface area contributed by atoms with Gasteiger partial charge in [0.25, 0.3) is 7.59 Å². The number of hydrogen-bond donors (Lipinski definition) is 3. The molecule has 1 saturated heterocycles. The lowest BCUT2D eigenvalue weighted by Crippen LogP contribution is -2.28. The highest BCUT2D eigenvalue weighted by atomic mass is 35.6. The van der Waals surface area contributed by atoms with Gasteiger partial charge in [-0.25, -0.2) is 4.79 Å². The zero-order valence-electron chi connectivity index (χ0n) is 13.0. The van der Waals surface area contributed by atoms with E-state index in [1.807, 2.05) is 0 Å². The first-order valence-electron chi connectivity index (χ1n) is 7.10. The second-order valence-electron chi connectivity index (χ2n) is 5.05. The SMILES string of the molecule is N=C(OCC[C@@H](/C=C\C[C@H]1COC(=O)N1)OC(=N)C(Cl)(Cl)Cl)C(Cl)(Cl)Cl. The van der Waals surface area contributed by atoms with Crippen molar-refractivity contribution >= 4 is 87.5 Å². The minimum Gasteiger partial charge on any atom is -0.478 e. The van der Waals surface area contributed by atoms with Gasteiger partial charge in [0.2, 0.25) is 11.8 Å². The summed E-state index contributed by atoms with van der Waals surface area (Å²) < 4.78 is 11.1. The number of amides is 1. The Morgan fingerprint density at radius 3 is 2.35 bits per heavy atom. The molecule has 0 aliphatic carbocycles. The van der Waals surface area contributed by atoms with Crippen LogP contribution in [0.25, 0.3) is 0 Å². The lowest BCUT2D eigenvalue weighted by atomic mass is 10.1. The van der Waals surface area contributed by atoms with E-state index in [-0.39, 0.29) is 25.7 Å². The molecule has 148 valence electrons. The van der Waals surface area contributed by atoms with Crippen molar-refractivity contribution in [2.75, 3.05) is 13.2 Å². The molecule has 0 radical (unpaired) electrons. The maximum atomic E-state index is 11.0. The van der Waals surface area contributed by atoms with Gasteiger partial charge in [-0.1, -0.05) is 75.7 Å². The summed E-state index contributed by atoms with van der Waals surface area (Å²) in [6, 6.07) is -0.166. The molecule has 1 amide bonds. The van der Waals surface area contributed by atoms with E-state index in [9.17, 15) is 4.79 Å². The van der Waals surface area contributed by atoms with Gasteiger partial charge in [0.15, 0.2) is 0 Å². The summed E-state index contributed by atoms with van der Waals surface area (Å²) in [5.41, 5.74) is 0. The van der Waals surface area contributed by atoms with Crippen LogP contribution in [0.2, 0.25) is 0 Å². The number of carbonyl (C=O) groups is 1. The molecule has 2 atom stereocenters. The van der Waals surface area contributed by atoms with Crippen LogP contribution < -0.4 is 5.32 Å². The molecule has 0 aromatic rings. The van der Waals surface area contributed by atoms with Crippen molar-refractivity contribution in [3.05, 3.63) is 12.2 Å². The number of cyclic esters (lactones) is 1. The van der Waals surface area contributed by atoms with Crippen LogP contribution in [0.4, 0.5) is 4.79 Å². The molecule has 0 bridgehead atoms. The molecule has 1 aliphatic rings. The predicted octanol–water partition coefficient (Wildman–Crippen LogP) is 4.53. The quantitative estimate of drug-likeness (QED) is 0.211. The highest BCUT2D eigenvalue weighted by molar-refractivity contribution is 6.76. The first-order valence-corrected chi connectivity index (χ1v) is 9.37. The molecule has 3 N–H and O–H groups in total. The molecule has 1 fully saturated rings. The van der Waals surface area contributed by atoms with Crippen LogP contribution >= 0.6 is 69.6 Å². The molecule has 0 spiro atoms. The van der Waals surface area contributed by atoms with Crippen LogP contribution in [0.3, 0.4) is 0 Å². The highest BCUT2D eigenvalue weighted by Gasteiger charge is 2.31. The van der Waals surface area contributed by atoms with Crippen molar-refractivity contribution < 1.29 is 19.0 Å². The van der Waals surface area contributed by atoms with E-state index >= 15 is 0 Å². The van der Waals surface area contributed by atoms with E-state index < -0.39 is 31.6 Å². The van der Waals surface area contributed by atoms with E-state index in [1.54, 1.807) is 12.2 Å². The molecule has 1 heterocycles. The van der Waals surface area contributed by atoms with Crippen molar-refractivity contribution in [1.29, 1.82) is 10.8 Å². The third kappa shape index (κ3) is 9.06. The number of hydrogen-bond acceptors (Lipinski definition) is 6. The van der Waals surface area contributed by atoms with E-state index in [1.165, 1.54) is 0 Å². The first kappa shape index (κ1) is 23.7. The molecule has 13 heteroatoms. The minimum absolute atomic E-state index is 0.0435. The minimum atomic E-state index is -2.02. The summed E-state index contributed by atoms with van der Waals surface area (Å²) in [7, 11) is 0. The third-order valence-corrected chi connectivity index (χ3v) is 3.97. The number of ether oxygens (including phenoxy) is 3. The van der Waals surface area contributed by atoms with Crippen LogP contribution in [-0.2, 0) is 14.2 Å². The van der Waals surface area contributed by atoms with Crippen molar-refractivity contribution in [3.63, 3.8) is 0 Å². The molecule has 0 aromatic heterocycles. The smallest absolute Gasteiger partial charge is 0.407 e. The Morgan fingerprint density at radius 2 is 1.85 bits per heavy atom. The Hall–Kier alpha value is -0.310. The lowest BCUT2D eigenvalue weighted by Gasteiger charge is -2.21. The average Bonchev–Trinajstić information content (AvgIpc) is 2.90. The van der Waals surface area contributed by atoms with Crippen molar-refractivity contribution in [3.8, 4) is 0 Å². The normalized spacial score (nSPS) is 19.0. The van der Waals surface area contributed by atoms with Gasteiger partial charge in [-0.2, -0.15) is 0 Å². The Labute approximate surface area is 180 Å². The summed E-state index contributed by atoms with van der Waals surface area (Å²) in [6.45, 7) is 0.209. The van der Waals surface area contributed by atoms with Crippen LogP contribution in [-0.4, -0.2) is 50.8 Å². The Kier molecular flexibility index (Phi) is 9.39. The fraction of sp³-hybridized carbons (Fsp3) is 0.615. The van der Waals surface area contributed by atoms with Gasteiger partial charge < -0.3 is 19.5 Å². The molecular weight excluding hydrogens is 475 g/mol. The van der Waals surface area contributed by atoms with Crippen LogP contribution in [0.5, 0.6) is 0 Å². The van der Waals surface area contributed by atoms with Gasteiger partial charge >= 0.3 is 6.09 Å². The number of alkyl halides is 6. The van der Waals surface area contributed by atoms with E-state index in [0.29, 0.717) is 6.42 Å². The van der Waals surface area contributed by atoms with Gasteiger partial charge in [0.1, 0.15) is 12.7 Å². The fourth-order valence-electron chi connectivity index (χ4n) is 1.72. The van der Waals surface area contributed by atoms with E-state index in [4.69, 9.17) is 94.6 Å². The molecular formula is C13H15Cl6N3O4. The molecule has 0 unspecified atom stereocenters. The number of alkyl carbamates (subject to hydrolysis) is 1. The second kappa shape index (κ2) is 10.3. The van der Waals surface area contributed by atoms with Gasteiger partial charge in [-0.05, 0) is 12.5 Å². The summed E-state index contributed by atoms with van der Waals surface area (Å²) in [4.78, 5) is 11.0. The van der Waals surface area contributed by atoms with Crippen molar-refractivity contribution in [2.24, 2.45) is 0 Å². The monoisotopic (exact) mass is 487 g/mol. The van der Waals surface area contributed by atoms with Crippen LogP contribution in [0.1, 0.15) is 12.8 Å². The molecule has 1 aliphatic heterocycles. The number of nitrogens with one attached hydrogen (secondary N) is 3. The Balaban J connectivity index is 2.59. The predicted molar refractivity (Wildman–Crippen MR) is 104 cm³/mol. The number of halogens is 6. The summed E-state index contributed by atoms with van der Waals surface area (Å²) in [5, 5.41) is 17.7.